The first-order valence-corrected chi connectivity index (χ1v) is 10.3. The largest absolute Gasteiger partial charge is 0.343 e. The number of aryl methyl sites for hydroxylation is 2. The van der Waals surface area contributed by atoms with Gasteiger partial charge in [0.25, 0.3) is 0 Å². The summed E-state index contributed by atoms with van der Waals surface area (Å²) in [5, 5.41) is 9.27. The van der Waals surface area contributed by atoms with E-state index >= 15 is 0 Å². The number of carbonyl (C=O) groups is 2. The fourth-order valence-electron chi connectivity index (χ4n) is 3.79. The third kappa shape index (κ3) is 5.45. The van der Waals surface area contributed by atoms with Crippen molar-refractivity contribution in [2.75, 3.05) is 5.32 Å². The van der Waals surface area contributed by atoms with Crippen LogP contribution in [0.2, 0.25) is 0 Å². The quantitative estimate of drug-likeness (QED) is 0.704. The highest BCUT2D eigenvalue weighted by atomic mass is 16.2. The molecule has 5 nitrogen and oxygen atoms in total. The maximum atomic E-state index is 13.0. The molecule has 1 aliphatic heterocycles. The van der Waals surface area contributed by atoms with Crippen LogP contribution in [-0.2, 0) is 22.6 Å². The molecule has 154 valence electrons. The van der Waals surface area contributed by atoms with Crippen LogP contribution < -0.4 is 16.0 Å². The minimum absolute atomic E-state index is 0.124. The Morgan fingerprint density at radius 1 is 1.10 bits per heavy atom. The summed E-state index contributed by atoms with van der Waals surface area (Å²) < 4.78 is 0. The fraction of sp³-hybridized carbons (Fsp3) is 0.417. The Morgan fingerprint density at radius 3 is 2.52 bits per heavy atom. The second-order valence-corrected chi connectivity index (χ2v) is 8.40. The standard InChI is InChI=1S/C24H31N3O2/c1-15(2)11-22(24(29)26-20-10-9-16(3)12-17(20)4)27-23(28)21-13-18-7-5-6-8-19(18)14-25-21/h5-10,12,15,21-22,25H,11,13-14H2,1-4H3,(H,26,29)(H,27,28)/t21-,22+/m0/s1. The Balaban J connectivity index is 1.68. The summed E-state index contributed by atoms with van der Waals surface area (Å²) in [4.78, 5) is 25.9. The van der Waals surface area contributed by atoms with Gasteiger partial charge in [-0.05, 0) is 55.4 Å². The molecule has 0 bridgehead atoms. The van der Waals surface area contributed by atoms with Gasteiger partial charge in [0.2, 0.25) is 11.8 Å². The Hall–Kier alpha value is -2.66. The minimum Gasteiger partial charge on any atom is -0.343 e. The van der Waals surface area contributed by atoms with Crippen LogP contribution in [0.3, 0.4) is 0 Å². The number of amides is 2. The Kier molecular flexibility index (Phi) is 6.70. The lowest BCUT2D eigenvalue weighted by atomic mass is 9.95. The smallest absolute Gasteiger partial charge is 0.246 e. The van der Waals surface area contributed by atoms with Gasteiger partial charge < -0.3 is 16.0 Å². The van der Waals surface area contributed by atoms with Crippen molar-refractivity contribution in [1.82, 2.24) is 10.6 Å². The van der Waals surface area contributed by atoms with E-state index in [1.54, 1.807) is 0 Å². The van der Waals surface area contributed by atoms with Gasteiger partial charge in [0.15, 0.2) is 0 Å². The van der Waals surface area contributed by atoms with Crippen LogP contribution in [0.25, 0.3) is 0 Å². The van der Waals surface area contributed by atoms with Crippen molar-refractivity contribution < 1.29 is 9.59 Å². The van der Waals surface area contributed by atoms with Gasteiger partial charge in [-0.1, -0.05) is 55.8 Å². The van der Waals surface area contributed by atoms with Crippen molar-refractivity contribution in [3.63, 3.8) is 0 Å². The van der Waals surface area contributed by atoms with E-state index in [9.17, 15) is 9.59 Å². The summed E-state index contributed by atoms with van der Waals surface area (Å²) in [6.07, 6.45) is 1.22. The van der Waals surface area contributed by atoms with E-state index in [0.717, 1.165) is 16.8 Å². The first kappa shape index (κ1) is 21.1. The lowest BCUT2D eigenvalue weighted by Crippen LogP contribution is -2.53. The monoisotopic (exact) mass is 393 g/mol. The molecule has 3 rings (SSSR count). The van der Waals surface area contributed by atoms with Crippen molar-refractivity contribution in [3.05, 3.63) is 64.7 Å². The molecule has 2 aromatic carbocycles. The van der Waals surface area contributed by atoms with Gasteiger partial charge in [0.1, 0.15) is 6.04 Å². The predicted octanol–water partition coefficient (Wildman–Crippen LogP) is 3.49. The fourth-order valence-corrected chi connectivity index (χ4v) is 3.79. The molecule has 0 aromatic heterocycles. The first-order valence-electron chi connectivity index (χ1n) is 10.3. The van der Waals surface area contributed by atoms with Crippen LogP contribution in [-0.4, -0.2) is 23.9 Å². The number of nitrogens with one attached hydrogen (secondary N) is 3. The molecule has 2 atom stereocenters. The summed E-state index contributed by atoms with van der Waals surface area (Å²) in [7, 11) is 0. The van der Waals surface area contributed by atoms with Crippen LogP contribution in [0.15, 0.2) is 42.5 Å². The molecule has 0 radical (unpaired) electrons. The van der Waals surface area contributed by atoms with Gasteiger partial charge in [-0.25, -0.2) is 0 Å². The molecule has 0 fully saturated rings. The average Bonchev–Trinajstić information content (AvgIpc) is 2.68. The maximum absolute atomic E-state index is 13.0. The van der Waals surface area contributed by atoms with Gasteiger partial charge >= 0.3 is 0 Å². The van der Waals surface area contributed by atoms with Crippen LogP contribution in [0.5, 0.6) is 0 Å². The number of fused-ring (bicyclic) bond motifs is 1. The van der Waals surface area contributed by atoms with Crippen LogP contribution >= 0.6 is 0 Å². The molecule has 0 saturated heterocycles. The highest BCUT2D eigenvalue weighted by Crippen LogP contribution is 2.19. The van der Waals surface area contributed by atoms with E-state index in [-0.39, 0.29) is 23.8 Å². The molecule has 0 spiro atoms. The van der Waals surface area contributed by atoms with E-state index in [2.05, 4.69) is 41.9 Å². The van der Waals surface area contributed by atoms with Crippen molar-refractivity contribution in [2.45, 2.75) is 59.2 Å². The SMILES string of the molecule is Cc1ccc(NC(=O)[C@@H](CC(C)C)NC(=O)[C@@H]2Cc3ccccc3CN2)c(C)c1. The molecule has 2 amide bonds. The predicted molar refractivity (Wildman–Crippen MR) is 117 cm³/mol. The van der Waals surface area contributed by atoms with E-state index in [4.69, 9.17) is 0 Å². The molecule has 2 aromatic rings. The molecule has 3 N–H and O–H groups in total. The zero-order valence-electron chi connectivity index (χ0n) is 17.7. The van der Waals surface area contributed by atoms with Gasteiger partial charge in [-0.3, -0.25) is 9.59 Å². The molecule has 0 unspecified atom stereocenters. The molecule has 5 heteroatoms. The molecule has 0 aliphatic carbocycles. The van der Waals surface area contributed by atoms with Crippen molar-refractivity contribution in [2.24, 2.45) is 5.92 Å². The van der Waals surface area contributed by atoms with E-state index < -0.39 is 6.04 Å². The van der Waals surface area contributed by atoms with Gasteiger partial charge in [-0.2, -0.15) is 0 Å². The van der Waals surface area contributed by atoms with Crippen LogP contribution in [0.1, 0.15) is 42.5 Å². The lowest BCUT2D eigenvalue weighted by Gasteiger charge is -2.28. The molecular formula is C24H31N3O2. The molecular weight excluding hydrogens is 362 g/mol. The van der Waals surface area contributed by atoms with Gasteiger partial charge in [0, 0.05) is 12.2 Å². The maximum Gasteiger partial charge on any atom is 0.246 e. The van der Waals surface area contributed by atoms with Crippen LogP contribution in [0, 0.1) is 19.8 Å². The Bertz CT molecular complexity index is 891. The highest BCUT2D eigenvalue weighted by molar-refractivity contribution is 5.98. The third-order valence-corrected chi connectivity index (χ3v) is 5.38. The van der Waals surface area contributed by atoms with E-state index in [0.29, 0.717) is 19.4 Å². The number of hydrogen-bond donors (Lipinski definition) is 3. The zero-order valence-corrected chi connectivity index (χ0v) is 17.7. The lowest BCUT2D eigenvalue weighted by molar-refractivity contribution is -0.128. The van der Waals surface area contributed by atoms with Gasteiger partial charge in [-0.15, -0.1) is 0 Å². The summed E-state index contributed by atoms with van der Waals surface area (Å²) in [5.41, 5.74) is 5.36. The van der Waals surface area contributed by atoms with Crippen molar-refractivity contribution >= 4 is 17.5 Å². The summed E-state index contributed by atoms with van der Waals surface area (Å²) >= 11 is 0. The Morgan fingerprint density at radius 2 is 1.83 bits per heavy atom. The molecule has 0 saturated carbocycles. The molecule has 1 heterocycles. The molecule has 1 aliphatic rings. The number of anilines is 1. The number of rotatable bonds is 6. The zero-order chi connectivity index (χ0) is 21.0. The third-order valence-electron chi connectivity index (χ3n) is 5.38. The highest BCUT2D eigenvalue weighted by Gasteiger charge is 2.28. The summed E-state index contributed by atoms with van der Waals surface area (Å²) in [6, 6.07) is 13.2. The normalized spacial score (nSPS) is 16.8. The second-order valence-electron chi connectivity index (χ2n) is 8.40. The van der Waals surface area contributed by atoms with Crippen molar-refractivity contribution in [3.8, 4) is 0 Å². The van der Waals surface area contributed by atoms with E-state index in [1.807, 2.05) is 44.2 Å². The minimum atomic E-state index is -0.567. The second kappa shape index (κ2) is 9.23. The Labute approximate surface area is 173 Å². The number of carbonyl (C=O) groups excluding carboxylic acids is 2. The van der Waals surface area contributed by atoms with E-state index in [1.165, 1.54) is 11.1 Å². The number of benzene rings is 2. The number of hydrogen-bond acceptors (Lipinski definition) is 3. The average molecular weight is 394 g/mol. The summed E-state index contributed by atoms with van der Waals surface area (Å²) in [5.74, 6) is -0.0126. The topological polar surface area (TPSA) is 70.2 Å². The van der Waals surface area contributed by atoms with Crippen LogP contribution in [0.4, 0.5) is 5.69 Å². The summed E-state index contributed by atoms with van der Waals surface area (Å²) in [6.45, 7) is 8.77. The first-order chi connectivity index (χ1) is 13.8. The van der Waals surface area contributed by atoms with Gasteiger partial charge in [0.05, 0.1) is 6.04 Å². The molecule has 29 heavy (non-hydrogen) atoms. The van der Waals surface area contributed by atoms with Crippen molar-refractivity contribution in [1.29, 1.82) is 0 Å².